The zero-order chi connectivity index (χ0) is 12.2. The van der Waals surface area contributed by atoms with Crippen molar-refractivity contribution in [2.24, 2.45) is 0 Å². The highest BCUT2D eigenvalue weighted by atomic mass is 32.2. The van der Waals surface area contributed by atoms with E-state index in [1.54, 1.807) is 24.3 Å². The first-order chi connectivity index (χ1) is 7.37. The lowest BCUT2D eigenvalue weighted by molar-refractivity contribution is -0.118. The standard InChI is InChI=1S/C11H15NO3S/c1-16(14,15)7-6-11(13)8-9-2-4-10(12)5-3-9/h2-5H,6-8,12H2,1H3. The fourth-order valence-corrected chi connectivity index (χ4v) is 1.85. The van der Waals surface area contributed by atoms with E-state index >= 15 is 0 Å². The summed E-state index contributed by atoms with van der Waals surface area (Å²) in [4.78, 5) is 11.4. The van der Waals surface area contributed by atoms with E-state index in [1.807, 2.05) is 0 Å². The molecule has 0 atom stereocenters. The molecule has 0 amide bonds. The van der Waals surface area contributed by atoms with Crippen LogP contribution in [0.2, 0.25) is 0 Å². The average Bonchev–Trinajstić information content (AvgIpc) is 2.18. The molecule has 0 aliphatic carbocycles. The molecule has 88 valence electrons. The molecule has 5 heteroatoms. The molecule has 0 bridgehead atoms. The van der Waals surface area contributed by atoms with E-state index in [0.29, 0.717) is 5.69 Å². The maximum atomic E-state index is 11.4. The number of nitrogen functional groups attached to an aromatic ring is 1. The van der Waals surface area contributed by atoms with Gasteiger partial charge >= 0.3 is 0 Å². The number of hydrogen-bond donors (Lipinski definition) is 1. The smallest absolute Gasteiger partial charge is 0.147 e. The van der Waals surface area contributed by atoms with Gasteiger partial charge in [-0.1, -0.05) is 12.1 Å². The fourth-order valence-electron chi connectivity index (χ4n) is 1.25. The largest absolute Gasteiger partial charge is 0.399 e. The Labute approximate surface area is 95.4 Å². The van der Waals surface area contributed by atoms with E-state index in [4.69, 9.17) is 5.73 Å². The van der Waals surface area contributed by atoms with Crippen LogP contribution in [0.4, 0.5) is 5.69 Å². The van der Waals surface area contributed by atoms with Crippen molar-refractivity contribution in [3.8, 4) is 0 Å². The van der Waals surface area contributed by atoms with Crippen molar-refractivity contribution in [3.05, 3.63) is 29.8 Å². The number of benzene rings is 1. The van der Waals surface area contributed by atoms with Gasteiger partial charge in [0.25, 0.3) is 0 Å². The predicted octanol–water partition coefficient (Wildman–Crippen LogP) is 0.815. The molecule has 0 aliphatic rings. The minimum absolute atomic E-state index is 0.0726. The Hall–Kier alpha value is -1.36. The first kappa shape index (κ1) is 12.7. The predicted molar refractivity (Wildman–Crippen MR) is 63.9 cm³/mol. The fraction of sp³-hybridized carbons (Fsp3) is 0.364. The zero-order valence-electron chi connectivity index (χ0n) is 9.14. The monoisotopic (exact) mass is 241 g/mol. The quantitative estimate of drug-likeness (QED) is 0.774. The molecule has 0 radical (unpaired) electrons. The van der Waals surface area contributed by atoms with Crippen molar-refractivity contribution in [2.75, 3.05) is 17.7 Å². The van der Waals surface area contributed by atoms with Crippen LogP contribution in [0.5, 0.6) is 0 Å². The molecule has 1 aromatic rings. The second kappa shape index (κ2) is 5.12. The van der Waals surface area contributed by atoms with Gasteiger partial charge in [0.1, 0.15) is 15.6 Å². The number of nitrogens with two attached hydrogens (primary N) is 1. The minimum Gasteiger partial charge on any atom is -0.399 e. The maximum Gasteiger partial charge on any atom is 0.147 e. The molecule has 0 aliphatic heterocycles. The first-order valence-corrected chi connectivity index (χ1v) is 6.97. The van der Waals surface area contributed by atoms with Crippen molar-refractivity contribution in [3.63, 3.8) is 0 Å². The molecular formula is C11H15NO3S. The Morgan fingerprint density at radius 2 is 1.81 bits per heavy atom. The molecule has 2 N–H and O–H groups in total. The van der Waals surface area contributed by atoms with Crippen LogP contribution in [0, 0.1) is 0 Å². The SMILES string of the molecule is CS(=O)(=O)CCC(=O)Cc1ccc(N)cc1. The van der Waals surface area contributed by atoms with Crippen LogP contribution in [0.25, 0.3) is 0 Å². The Bertz CT molecular complexity index is 463. The third kappa shape index (κ3) is 4.93. The number of carbonyl (C=O) groups excluding carboxylic acids is 1. The van der Waals surface area contributed by atoms with Crippen LogP contribution in [-0.2, 0) is 21.1 Å². The van der Waals surface area contributed by atoms with E-state index in [1.165, 1.54) is 0 Å². The Morgan fingerprint density at radius 3 is 2.31 bits per heavy atom. The normalized spacial score (nSPS) is 11.3. The number of sulfone groups is 1. The highest BCUT2D eigenvalue weighted by Crippen LogP contribution is 2.07. The van der Waals surface area contributed by atoms with Crippen molar-refractivity contribution < 1.29 is 13.2 Å². The molecule has 0 heterocycles. The van der Waals surface area contributed by atoms with E-state index in [0.717, 1.165) is 11.8 Å². The second-order valence-corrected chi connectivity index (χ2v) is 6.10. The van der Waals surface area contributed by atoms with Gasteiger partial charge in [-0.05, 0) is 17.7 Å². The van der Waals surface area contributed by atoms with Gasteiger partial charge in [-0.15, -0.1) is 0 Å². The summed E-state index contributed by atoms with van der Waals surface area (Å²) in [6.07, 6.45) is 1.46. The maximum absolute atomic E-state index is 11.4. The molecule has 0 unspecified atom stereocenters. The molecule has 16 heavy (non-hydrogen) atoms. The van der Waals surface area contributed by atoms with Gasteiger partial charge in [0.05, 0.1) is 5.75 Å². The van der Waals surface area contributed by atoms with Crippen molar-refractivity contribution in [1.82, 2.24) is 0 Å². The van der Waals surface area contributed by atoms with Gasteiger partial charge in [0.15, 0.2) is 0 Å². The summed E-state index contributed by atoms with van der Waals surface area (Å²) in [7, 11) is -3.06. The molecule has 1 aromatic carbocycles. The molecule has 0 fully saturated rings. The van der Waals surface area contributed by atoms with Crippen LogP contribution < -0.4 is 5.73 Å². The van der Waals surface area contributed by atoms with E-state index in [-0.39, 0.29) is 24.4 Å². The number of ketones is 1. The molecule has 0 saturated heterocycles. The van der Waals surface area contributed by atoms with E-state index in [9.17, 15) is 13.2 Å². The van der Waals surface area contributed by atoms with Crippen LogP contribution in [0.3, 0.4) is 0 Å². The lowest BCUT2D eigenvalue weighted by Crippen LogP contribution is -2.11. The van der Waals surface area contributed by atoms with Gasteiger partial charge in [-0.3, -0.25) is 4.79 Å². The van der Waals surface area contributed by atoms with Gasteiger partial charge < -0.3 is 5.73 Å². The minimum atomic E-state index is -3.06. The zero-order valence-corrected chi connectivity index (χ0v) is 9.96. The topological polar surface area (TPSA) is 77.2 Å². The lowest BCUT2D eigenvalue weighted by Gasteiger charge is -2.01. The summed E-state index contributed by atoms with van der Waals surface area (Å²) >= 11 is 0. The molecule has 0 saturated carbocycles. The number of Topliss-reactive ketones (excluding diaryl/α,β-unsaturated/α-hetero) is 1. The summed E-state index contributed by atoms with van der Waals surface area (Å²) in [6.45, 7) is 0. The first-order valence-electron chi connectivity index (χ1n) is 4.91. The molecule has 0 aromatic heterocycles. The summed E-state index contributed by atoms with van der Waals surface area (Å²) in [5, 5.41) is 0. The Kier molecular flexibility index (Phi) is 4.06. The summed E-state index contributed by atoms with van der Waals surface area (Å²) in [5.74, 6) is -0.156. The molecular weight excluding hydrogens is 226 g/mol. The lowest BCUT2D eigenvalue weighted by atomic mass is 10.1. The number of rotatable bonds is 5. The Balaban J connectivity index is 2.49. The highest BCUT2D eigenvalue weighted by Gasteiger charge is 2.08. The third-order valence-corrected chi connectivity index (χ3v) is 3.08. The van der Waals surface area contributed by atoms with E-state index < -0.39 is 9.84 Å². The van der Waals surface area contributed by atoms with Crippen molar-refractivity contribution in [2.45, 2.75) is 12.8 Å². The van der Waals surface area contributed by atoms with Crippen LogP contribution >= 0.6 is 0 Å². The number of carbonyl (C=O) groups is 1. The summed E-state index contributed by atoms with van der Waals surface area (Å²) < 4.78 is 21.7. The summed E-state index contributed by atoms with van der Waals surface area (Å²) in [5.41, 5.74) is 7.01. The third-order valence-electron chi connectivity index (χ3n) is 2.13. The average molecular weight is 241 g/mol. The Morgan fingerprint density at radius 1 is 1.25 bits per heavy atom. The van der Waals surface area contributed by atoms with Gasteiger partial charge in [0, 0.05) is 24.8 Å². The van der Waals surface area contributed by atoms with Crippen molar-refractivity contribution in [1.29, 1.82) is 0 Å². The van der Waals surface area contributed by atoms with Crippen LogP contribution in [-0.4, -0.2) is 26.2 Å². The molecule has 0 spiro atoms. The number of anilines is 1. The van der Waals surface area contributed by atoms with E-state index in [2.05, 4.69) is 0 Å². The van der Waals surface area contributed by atoms with Gasteiger partial charge in [0.2, 0.25) is 0 Å². The van der Waals surface area contributed by atoms with Crippen LogP contribution in [0.1, 0.15) is 12.0 Å². The van der Waals surface area contributed by atoms with Crippen molar-refractivity contribution >= 4 is 21.3 Å². The van der Waals surface area contributed by atoms with Gasteiger partial charge in [-0.25, -0.2) is 8.42 Å². The highest BCUT2D eigenvalue weighted by molar-refractivity contribution is 7.90. The van der Waals surface area contributed by atoms with Gasteiger partial charge in [-0.2, -0.15) is 0 Å². The summed E-state index contributed by atoms with van der Waals surface area (Å²) in [6, 6.07) is 6.99. The number of hydrogen-bond acceptors (Lipinski definition) is 4. The molecule has 1 rings (SSSR count). The van der Waals surface area contributed by atoms with Crippen LogP contribution in [0.15, 0.2) is 24.3 Å². The second-order valence-electron chi connectivity index (χ2n) is 3.84. The molecule has 4 nitrogen and oxygen atoms in total.